The fraction of sp³-hybridized carbons (Fsp3) is 0. The molecule has 0 aliphatic rings. The summed E-state index contributed by atoms with van der Waals surface area (Å²) >= 11 is 0. The summed E-state index contributed by atoms with van der Waals surface area (Å²) in [7, 11) is 0. The van der Waals surface area contributed by atoms with E-state index in [1.165, 1.54) is 10.8 Å². The predicted molar refractivity (Wildman–Crippen MR) is 234 cm³/mol. The van der Waals surface area contributed by atoms with E-state index >= 15 is 0 Å². The Hall–Kier alpha value is -8.23. The minimum atomic E-state index is 0.552. The first-order chi connectivity index (χ1) is 29.2. The van der Waals surface area contributed by atoms with E-state index in [2.05, 4.69) is 89.5 Å². The van der Waals surface area contributed by atoms with Gasteiger partial charge in [-0.3, -0.25) is 0 Å². The van der Waals surface area contributed by atoms with Crippen LogP contribution < -0.4 is 0 Å². The molecule has 12 rings (SSSR count). The minimum absolute atomic E-state index is 0.552. The summed E-state index contributed by atoms with van der Waals surface area (Å²) in [5.74, 6) is 2.79. The Labute approximate surface area is 336 Å². The summed E-state index contributed by atoms with van der Waals surface area (Å²) in [4.78, 5) is 24.7. The minimum Gasteiger partial charge on any atom is -0.436 e. The van der Waals surface area contributed by atoms with E-state index in [1.54, 1.807) is 0 Å². The van der Waals surface area contributed by atoms with Crippen LogP contribution in [0.1, 0.15) is 0 Å². The number of hydrogen-bond acceptors (Lipinski definition) is 7. The molecule has 0 atom stereocenters. The molecule has 59 heavy (non-hydrogen) atoms. The van der Waals surface area contributed by atoms with E-state index < -0.39 is 0 Å². The molecule has 0 aliphatic carbocycles. The second kappa shape index (κ2) is 13.2. The molecule has 8 heteroatoms. The lowest BCUT2D eigenvalue weighted by molar-refractivity contribution is 0.619. The highest BCUT2D eigenvalue weighted by Gasteiger charge is 2.18. The summed E-state index contributed by atoms with van der Waals surface area (Å²) in [6, 6.07) is 61.6. The lowest BCUT2D eigenvalue weighted by atomic mass is 10.1. The van der Waals surface area contributed by atoms with Crippen LogP contribution in [0.5, 0.6) is 0 Å². The van der Waals surface area contributed by atoms with Crippen molar-refractivity contribution in [3.63, 3.8) is 0 Å². The standard InChI is InChI=1S/C51H30N6O2/c1-2-10-36-29-38(27-25-31(36)9-1)57-43-14-6-3-11-39(43)40-30-37(26-28-44(40)57)49-55-47(32-17-21-34(22-18-32)50-52-41-12-4-7-15-45(41)58-50)54-48(56-49)33-19-23-35(24-20-33)51-53-42-13-5-8-16-46(42)59-51/h1-30H. The monoisotopic (exact) mass is 758 g/mol. The van der Waals surface area contributed by atoms with E-state index in [1.807, 2.05) is 97.1 Å². The topological polar surface area (TPSA) is 95.7 Å². The summed E-state index contributed by atoms with van der Waals surface area (Å²) < 4.78 is 14.5. The average molecular weight is 759 g/mol. The highest BCUT2D eigenvalue weighted by molar-refractivity contribution is 6.10. The van der Waals surface area contributed by atoms with Crippen molar-refractivity contribution in [2.24, 2.45) is 0 Å². The third kappa shape index (κ3) is 5.65. The molecule has 0 spiro atoms. The fourth-order valence-electron chi connectivity index (χ4n) is 7.98. The molecule has 0 radical (unpaired) electrons. The molecule has 0 unspecified atom stereocenters. The van der Waals surface area contributed by atoms with Gasteiger partial charge in [0.1, 0.15) is 11.0 Å². The first-order valence-corrected chi connectivity index (χ1v) is 19.4. The quantitative estimate of drug-likeness (QED) is 0.167. The maximum Gasteiger partial charge on any atom is 0.227 e. The number of hydrogen-bond donors (Lipinski definition) is 0. The van der Waals surface area contributed by atoms with Gasteiger partial charge in [-0.1, -0.05) is 97.1 Å². The zero-order valence-electron chi connectivity index (χ0n) is 31.3. The van der Waals surface area contributed by atoms with E-state index in [9.17, 15) is 0 Å². The number of benzene rings is 8. The first-order valence-electron chi connectivity index (χ1n) is 19.4. The molecule has 12 aromatic rings. The molecule has 0 bridgehead atoms. The Morgan fingerprint density at radius 2 is 0.831 bits per heavy atom. The van der Waals surface area contributed by atoms with Gasteiger partial charge >= 0.3 is 0 Å². The van der Waals surface area contributed by atoms with Crippen LogP contribution in [0.4, 0.5) is 0 Å². The van der Waals surface area contributed by atoms with Crippen molar-refractivity contribution in [1.82, 2.24) is 29.5 Å². The first kappa shape index (κ1) is 33.0. The van der Waals surface area contributed by atoms with Crippen molar-refractivity contribution in [1.29, 1.82) is 0 Å². The third-order valence-electron chi connectivity index (χ3n) is 10.9. The highest BCUT2D eigenvalue weighted by atomic mass is 16.4. The number of para-hydroxylation sites is 5. The van der Waals surface area contributed by atoms with Crippen molar-refractivity contribution in [3.05, 3.63) is 182 Å². The van der Waals surface area contributed by atoms with E-state index in [-0.39, 0.29) is 0 Å². The summed E-state index contributed by atoms with van der Waals surface area (Å²) in [5.41, 5.74) is 10.8. The van der Waals surface area contributed by atoms with Crippen molar-refractivity contribution in [3.8, 4) is 62.8 Å². The number of aromatic nitrogens is 6. The van der Waals surface area contributed by atoms with Crippen LogP contribution in [0, 0.1) is 0 Å². The molecule has 0 fully saturated rings. The SMILES string of the molecule is c1ccc2cc(-n3c4ccccc4c4cc(-c5nc(-c6ccc(-c7nc8ccccc8o7)cc6)nc(-c6ccc(-c7nc8ccccc8o7)cc6)n5)ccc43)ccc2c1. The largest absolute Gasteiger partial charge is 0.436 e. The second-order valence-corrected chi connectivity index (χ2v) is 14.6. The third-order valence-corrected chi connectivity index (χ3v) is 10.9. The Bertz CT molecular complexity index is 3360. The number of nitrogens with zero attached hydrogens (tertiary/aromatic N) is 6. The van der Waals surface area contributed by atoms with Crippen molar-refractivity contribution >= 4 is 54.8 Å². The van der Waals surface area contributed by atoms with Crippen molar-refractivity contribution in [2.45, 2.75) is 0 Å². The molecule has 4 heterocycles. The molecule has 276 valence electrons. The Morgan fingerprint density at radius 1 is 0.339 bits per heavy atom. The van der Waals surface area contributed by atoms with Crippen molar-refractivity contribution < 1.29 is 8.83 Å². The fourth-order valence-corrected chi connectivity index (χ4v) is 7.98. The molecule has 8 nitrogen and oxygen atoms in total. The number of rotatable bonds is 6. The Morgan fingerprint density at radius 3 is 1.46 bits per heavy atom. The van der Waals surface area contributed by atoms with Crippen LogP contribution in [0.3, 0.4) is 0 Å². The molecule has 0 aliphatic heterocycles. The number of fused-ring (bicyclic) bond motifs is 6. The Kier molecular flexibility index (Phi) is 7.36. The van der Waals surface area contributed by atoms with Crippen LogP contribution in [-0.2, 0) is 0 Å². The molecular formula is C51H30N6O2. The maximum atomic E-state index is 6.06. The zero-order valence-corrected chi connectivity index (χ0v) is 31.3. The van der Waals surface area contributed by atoms with Gasteiger partial charge in [0.05, 0.1) is 11.0 Å². The molecule has 0 saturated heterocycles. The van der Waals surface area contributed by atoms with E-state index in [0.717, 1.165) is 77.5 Å². The molecule has 8 aromatic carbocycles. The van der Waals surface area contributed by atoms with E-state index in [4.69, 9.17) is 33.8 Å². The molecule has 0 N–H and O–H groups in total. The van der Waals surface area contributed by atoms with Gasteiger partial charge in [-0.05, 0) is 95.7 Å². The zero-order chi connectivity index (χ0) is 38.9. The molecular weight excluding hydrogens is 729 g/mol. The summed E-state index contributed by atoms with van der Waals surface area (Å²) in [6.07, 6.45) is 0. The van der Waals surface area contributed by atoms with Gasteiger partial charge in [0, 0.05) is 44.3 Å². The van der Waals surface area contributed by atoms with Crippen LogP contribution in [0.25, 0.3) is 118 Å². The molecule has 0 amide bonds. The smallest absolute Gasteiger partial charge is 0.227 e. The van der Waals surface area contributed by atoms with Crippen LogP contribution in [0.15, 0.2) is 191 Å². The maximum absolute atomic E-state index is 6.06. The lowest BCUT2D eigenvalue weighted by Gasteiger charge is -2.11. The molecule has 0 saturated carbocycles. The van der Waals surface area contributed by atoms with Gasteiger partial charge in [0.25, 0.3) is 0 Å². The van der Waals surface area contributed by atoms with Crippen molar-refractivity contribution in [2.75, 3.05) is 0 Å². The lowest BCUT2D eigenvalue weighted by Crippen LogP contribution is -2.00. The van der Waals surface area contributed by atoms with E-state index in [0.29, 0.717) is 29.3 Å². The second-order valence-electron chi connectivity index (χ2n) is 14.6. The Balaban J connectivity index is 0.985. The van der Waals surface area contributed by atoms with Gasteiger partial charge < -0.3 is 13.4 Å². The molecule has 4 aromatic heterocycles. The normalized spacial score (nSPS) is 11.7. The van der Waals surface area contributed by atoms with Gasteiger partial charge in [0.15, 0.2) is 28.6 Å². The van der Waals surface area contributed by atoms with Crippen LogP contribution in [-0.4, -0.2) is 29.5 Å². The van der Waals surface area contributed by atoms with Gasteiger partial charge in [0.2, 0.25) is 11.8 Å². The average Bonchev–Trinajstić information content (AvgIpc) is 4.03. The van der Waals surface area contributed by atoms with Crippen LogP contribution in [0.2, 0.25) is 0 Å². The number of oxazole rings is 2. The predicted octanol–water partition coefficient (Wildman–Crippen LogP) is 12.7. The van der Waals surface area contributed by atoms with Crippen LogP contribution >= 0.6 is 0 Å². The summed E-state index contributed by atoms with van der Waals surface area (Å²) in [5, 5.41) is 4.67. The highest BCUT2D eigenvalue weighted by Crippen LogP contribution is 2.36. The summed E-state index contributed by atoms with van der Waals surface area (Å²) in [6.45, 7) is 0. The van der Waals surface area contributed by atoms with Gasteiger partial charge in [-0.15, -0.1) is 0 Å². The van der Waals surface area contributed by atoms with Gasteiger partial charge in [-0.25, -0.2) is 24.9 Å². The van der Waals surface area contributed by atoms with Gasteiger partial charge in [-0.2, -0.15) is 0 Å².